The number of piperidine rings is 1. The van der Waals surface area contributed by atoms with Gasteiger partial charge in [-0.3, -0.25) is 9.59 Å². The Bertz CT molecular complexity index is 513. The molecule has 1 saturated heterocycles. The van der Waals surface area contributed by atoms with Gasteiger partial charge < -0.3 is 14.9 Å². The minimum Gasteiger partial charge on any atom is -0.481 e. The Morgan fingerprint density at radius 3 is 2.71 bits per heavy atom. The Kier molecular flexibility index (Phi) is 4.77. The number of carbonyl (C=O) groups is 2. The van der Waals surface area contributed by atoms with Crippen molar-refractivity contribution in [2.75, 3.05) is 25.5 Å². The first kappa shape index (κ1) is 15.3. The number of carboxylic acids is 1. The zero-order valence-corrected chi connectivity index (χ0v) is 12.5. The van der Waals surface area contributed by atoms with Gasteiger partial charge in [-0.05, 0) is 31.4 Å². The topological polar surface area (TPSA) is 73.7 Å². The van der Waals surface area contributed by atoms with Crippen LogP contribution >= 0.6 is 0 Å². The number of hydrogen-bond acceptors (Lipinski definition) is 4. The monoisotopic (exact) mass is 291 g/mol. The normalized spacial score (nSPS) is 18.4. The van der Waals surface area contributed by atoms with Crippen LogP contribution in [0.5, 0.6) is 0 Å². The highest BCUT2D eigenvalue weighted by molar-refractivity contribution is 5.94. The Hall–Kier alpha value is -2.11. The Morgan fingerprint density at radius 2 is 2.14 bits per heavy atom. The van der Waals surface area contributed by atoms with Gasteiger partial charge in [0.05, 0.1) is 12.0 Å². The number of amides is 1. The van der Waals surface area contributed by atoms with Crippen LogP contribution in [0.3, 0.4) is 0 Å². The fraction of sp³-hybridized carbons (Fsp3) is 0.533. The smallest absolute Gasteiger partial charge is 0.305 e. The van der Waals surface area contributed by atoms with E-state index in [9.17, 15) is 9.59 Å². The molecule has 0 radical (unpaired) electrons. The van der Waals surface area contributed by atoms with Crippen molar-refractivity contribution in [3.8, 4) is 0 Å². The van der Waals surface area contributed by atoms with Gasteiger partial charge in [0.25, 0.3) is 5.91 Å². The number of anilines is 1. The quantitative estimate of drug-likeness (QED) is 0.912. The van der Waals surface area contributed by atoms with Crippen LogP contribution in [0.4, 0.5) is 5.82 Å². The lowest BCUT2D eigenvalue weighted by atomic mass is 9.98. The molecule has 2 heterocycles. The van der Waals surface area contributed by atoms with Crippen LogP contribution in [0.25, 0.3) is 0 Å². The molecule has 6 heteroatoms. The second-order valence-electron chi connectivity index (χ2n) is 5.55. The van der Waals surface area contributed by atoms with E-state index < -0.39 is 5.97 Å². The third-order valence-corrected chi connectivity index (χ3v) is 3.75. The lowest BCUT2D eigenvalue weighted by Crippen LogP contribution is -2.44. The summed E-state index contributed by atoms with van der Waals surface area (Å²) in [5, 5.41) is 8.98. The molecule has 1 aliphatic heterocycles. The maximum Gasteiger partial charge on any atom is 0.305 e. The number of aliphatic carboxylic acids is 1. The Labute approximate surface area is 124 Å². The highest BCUT2D eigenvalue weighted by Crippen LogP contribution is 2.22. The summed E-state index contributed by atoms with van der Waals surface area (Å²) >= 11 is 0. The molecule has 0 bridgehead atoms. The number of rotatable bonds is 4. The number of likely N-dealkylation sites (tertiary alicyclic amines) is 1. The van der Waals surface area contributed by atoms with E-state index in [2.05, 4.69) is 4.98 Å². The van der Waals surface area contributed by atoms with E-state index in [0.717, 1.165) is 25.1 Å². The summed E-state index contributed by atoms with van der Waals surface area (Å²) in [6.07, 6.45) is 4.21. The lowest BCUT2D eigenvalue weighted by Gasteiger charge is -2.35. The number of nitrogens with zero attached hydrogens (tertiary/aromatic N) is 3. The SMILES string of the molecule is CN(C)c1ccc(C(=O)N2CCCCC2CC(=O)O)cn1. The van der Waals surface area contributed by atoms with Gasteiger partial charge in [-0.1, -0.05) is 0 Å². The van der Waals surface area contributed by atoms with Crippen LogP contribution in [0.2, 0.25) is 0 Å². The lowest BCUT2D eigenvalue weighted by molar-refractivity contribution is -0.138. The molecule has 1 aromatic heterocycles. The molecule has 2 rings (SSSR count). The van der Waals surface area contributed by atoms with Crippen molar-refractivity contribution in [1.29, 1.82) is 0 Å². The minimum atomic E-state index is -0.860. The zero-order valence-electron chi connectivity index (χ0n) is 12.5. The summed E-state index contributed by atoms with van der Waals surface area (Å²) in [5.74, 6) is -0.202. The second kappa shape index (κ2) is 6.56. The molecule has 1 aromatic rings. The second-order valence-corrected chi connectivity index (χ2v) is 5.55. The highest BCUT2D eigenvalue weighted by atomic mass is 16.4. The first-order valence-electron chi connectivity index (χ1n) is 7.15. The molecule has 0 aromatic carbocycles. The zero-order chi connectivity index (χ0) is 15.4. The number of hydrogen-bond donors (Lipinski definition) is 1. The van der Waals surface area contributed by atoms with E-state index in [-0.39, 0.29) is 18.4 Å². The van der Waals surface area contributed by atoms with Gasteiger partial charge >= 0.3 is 5.97 Å². The van der Waals surface area contributed by atoms with E-state index in [1.165, 1.54) is 0 Å². The number of carbonyl (C=O) groups excluding carboxylic acids is 1. The van der Waals surface area contributed by atoms with E-state index in [1.54, 1.807) is 23.2 Å². The first-order valence-corrected chi connectivity index (χ1v) is 7.15. The Morgan fingerprint density at radius 1 is 1.38 bits per heavy atom. The summed E-state index contributed by atoms with van der Waals surface area (Å²) in [4.78, 5) is 31.3. The summed E-state index contributed by atoms with van der Waals surface area (Å²) in [6.45, 7) is 0.617. The number of aromatic nitrogens is 1. The maximum absolute atomic E-state index is 12.6. The highest BCUT2D eigenvalue weighted by Gasteiger charge is 2.29. The van der Waals surface area contributed by atoms with Gasteiger partial charge in [0.15, 0.2) is 0 Å². The van der Waals surface area contributed by atoms with Crippen molar-refractivity contribution in [3.05, 3.63) is 23.9 Å². The molecule has 1 N–H and O–H groups in total. The van der Waals surface area contributed by atoms with Crippen LogP contribution in [-0.2, 0) is 4.79 Å². The maximum atomic E-state index is 12.6. The van der Waals surface area contributed by atoms with Crippen molar-refractivity contribution < 1.29 is 14.7 Å². The summed E-state index contributed by atoms with van der Waals surface area (Å²) < 4.78 is 0. The van der Waals surface area contributed by atoms with E-state index in [0.29, 0.717) is 12.1 Å². The molecule has 6 nitrogen and oxygen atoms in total. The van der Waals surface area contributed by atoms with E-state index in [4.69, 9.17) is 5.11 Å². The third kappa shape index (κ3) is 3.71. The molecule has 1 amide bonds. The molecular weight excluding hydrogens is 270 g/mol. The summed E-state index contributed by atoms with van der Waals surface area (Å²) in [6, 6.07) is 3.33. The fourth-order valence-electron chi connectivity index (χ4n) is 2.62. The van der Waals surface area contributed by atoms with Crippen molar-refractivity contribution in [2.45, 2.75) is 31.7 Å². The van der Waals surface area contributed by atoms with Crippen LogP contribution in [0.15, 0.2) is 18.3 Å². The van der Waals surface area contributed by atoms with E-state index in [1.807, 2.05) is 19.0 Å². The van der Waals surface area contributed by atoms with Crippen molar-refractivity contribution in [3.63, 3.8) is 0 Å². The van der Waals surface area contributed by atoms with E-state index >= 15 is 0 Å². The molecule has 0 aliphatic carbocycles. The average molecular weight is 291 g/mol. The first-order chi connectivity index (χ1) is 9.99. The van der Waals surface area contributed by atoms with Gasteiger partial charge in [-0.15, -0.1) is 0 Å². The van der Waals surface area contributed by atoms with Crippen LogP contribution in [-0.4, -0.2) is 53.5 Å². The molecule has 21 heavy (non-hydrogen) atoms. The van der Waals surface area contributed by atoms with Gasteiger partial charge in [-0.2, -0.15) is 0 Å². The van der Waals surface area contributed by atoms with Gasteiger partial charge in [-0.25, -0.2) is 4.98 Å². The summed E-state index contributed by atoms with van der Waals surface area (Å²) in [7, 11) is 3.77. The standard InChI is InChI=1S/C15H21N3O3/c1-17(2)13-7-6-11(10-16-13)15(21)18-8-4-3-5-12(18)9-14(19)20/h6-7,10,12H,3-5,8-9H2,1-2H3,(H,19,20). The predicted octanol–water partition coefficient (Wildman–Crippen LogP) is 1.62. The molecular formula is C15H21N3O3. The van der Waals surface area contributed by atoms with Gasteiger partial charge in [0.1, 0.15) is 5.82 Å². The fourth-order valence-corrected chi connectivity index (χ4v) is 2.62. The average Bonchev–Trinajstić information content (AvgIpc) is 2.46. The van der Waals surface area contributed by atoms with Crippen LogP contribution in [0.1, 0.15) is 36.0 Å². The van der Waals surface area contributed by atoms with Crippen molar-refractivity contribution >= 4 is 17.7 Å². The minimum absolute atomic E-state index is 0.00888. The van der Waals surface area contributed by atoms with Gasteiger partial charge in [0.2, 0.25) is 0 Å². The van der Waals surface area contributed by atoms with Crippen LogP contribution in [0, 0.1) is 0 Å². The largest absolute Gasteiger partial charge is 0.481 e. The number of carboxylic acid groups (broad SMARTS) is 1. The molecule has 1 fully saturated rings. The molecule has 1 aliphatic rings. The number of pyridine rings is 1. The van der Waals surface area contributed by atoms with Gasteiger partial charge in [0, 0.05) is 32.9 Å². The molecule has 1 atom stereocenters. The predicted molar refractivity (Wildman–Crippen MR) is 79.5 cm³/mol. The molecule has 114 valence electrons. The third-order valence-electron chi connectivity index (χ3n) is 3.75. The molecule has 1 unspecified atom stereocenters. The molecule has 0 spiro atoms. The molecule has 0 saturated carbocycles. The van der Waals surface area contributed by atoms with Crippen LogP contribution < -0.4 is 4.90 Å². The van der Waals surface area contributed by atoms with Crippen molar-refractivity contribution in [2.24, 2.45) is 0 Å². The summed E-state index contributed by atoms with van der Waals surface area (Å²) in [5.41, 5.74) is 0.512. The van der Waals surface area contributed by atoms with Crippen molar-refractivity contribution in [1.82, 2.24) is 9.88 Å². The Balaban J connectivity index is 2.14.